The second-order valence-corrected chi connectivity index (χ2v) is 34.6. The number of methoxy groups -OCH3 is 6. The molecule has 1 unspecified atom stereocenters. The van der Waals surface area contributed by atoms with Gasteiger partial charge < -0.3 is 114 Å². The highest BCUT2D eigenvalue weighted by Crippen LogP contribution is 2.54. The first-order valence-electron chi connectivity index (χ1n) is 42.7. The zero-order chi connectivity index (χ0) is 89.1. The lowest BCUT2D eigenvalue weighted by Crippen LogP contribution is -2.52. The SMILES string of the molecule is COC(=O)NC(C(=O)O)C(C)C.COC[C@@H]1CN[C@H](c2ncc(-c3cc4c5c(c3)OCc3cc(-c6cnc([C@@H]7CC[C@H](C)N7C(=O)[C@@H](NC(=O)OC)C(C)C)[nH]6)cc(c3-5)OC4)[nH]2)C1.COC[C@H]1C[C@@H](c2ncc(-c3cc4c5c(c3)OCc3cc(-c6cnc([C@@H]7CC[C@H](C)N7C(=O)[C@@H](NC(=O)OC)C(C)C)[nH]6)cc(c3-5)OC4)[nH]2)N(C(=O)[C@@H](NC(=O)OC)C(C)C)C1. The van der Waals surface area contributed by atoms with Crippen LogP contribution in [0.5, 0.6) is 23.0 Å². The number of carbonyl (C=O) groups is 8. The van der Waals surface area contributed by atoms with Gasteiger partial charge in [-0.2, -0.15) is 0 Å². The van der Waals surface area contributed by atoms with Crippen molar-refractivity contribution in [2.75, 3.05) is 69.0 Å². The molecule has 0 radical (unpaired) electrons. The summed E-state index contributed by atoms with van der Waals surface area (Å²) in [5, 5.41) is 22.6. The van der Waals surface area contributed by atoms with E-state index in [0.717, 1.165) is 164 Å². The number of carboxylic acid groups (broad SMARTS) is 1. The quantitative estimate of drug-likeness (QED) is 0.0251. The molecule has 125 heavy (non-hydrogen) atoms. The average molecular weight is 1720 g/mol. The lowest BCUT2D eigenvalue weighted by atomic mass is 9.87. The number of nitrogens with zero attached hydrogens (tertiary/aromatic N) is 7. The van der Waals surface area contributed by atoms with Crippen molar-refractivity contribution in [1.82, 2.24) is 81.2 Å². The van der Waals surface area contributed by atoms with E-state index in [0.29, 0.717) is 69.4 Å². The molecule has 4 saturated heterocycles. The molecular weight excluding hydrogens is 1610 g/mol. The van der Waals surface area contributed by atoms with E-state index < -0.39 is 54.5 Å². The van der Waals surface area contributed by atoms with Gasteiger partial charge in [0.15, 0.2) is 0 Å². The Morgan fingerprint density at radius 3 is 1.08 bits per heavy atom. The number of hydrogen-bond acceptors (Lipinski definition) is 23. The number of aliphatic carboxylic acids is 1. The maximum Gasteiger partial charge on any atom is 0.407 e. The molecule has 0 saturated carbocycles. The molecule has 0 spiro atoms. The lowest BCUT2D eigenvalue weighted by molar-refractivity contribution is -0.140. The third-order valence-electron chi connectivity index (χ3n) is 24.8. The van der Waals surface area contributed by atoms with Crippen molar-refractivity contribution in [3.63, 3.8) is 0 Å². The largest absolute Gasteiger partial charge is 0.488 e. The minimum Gasteiger partial charge on any atom is -0.488 e. The van der Waals surface area contributed by atoms with Crippen LogP contribution in [-0.4, -0.2) is 213 Å². The van der Waals surface area contributed by atoms with Gasteiger partial charge >= 0.3 is 30.3 Å². The van der Waals surface area contributed by atoms with Gasteiger partial charge in [0.2, 0.25) is 17.7 Å². The van der Waals surface area contributed by atoms with Crippen LogP contribution in [0.25, 0.3) is 67.3 Å². The second-order valence-electron chi connectivity index (χ2n) is 34.6. The summed E-state index contributed by atoms with van der Waals surface area (Å²) in [7, 11) is 8.45. The summed E-state index contributed by atoms with van der Waals surface area (Å²) in [6.07, 6.45) is 9.42. The molecule has 4 aromatic carbocycles. The third kappa shape index (κ3) is 18.6. The zero-order valence-corrected chi connectivity index (χ0v) is 73.5. The summed E-state index contributed by atoms with van der Waals surface area (Å²) < 4.78 is 55.3. The van der Waals surface area contributed by atoms with Crippen LogP contribution in [0.1, 0.15) is 177 Å². The molecule has 4 aromatic heterocycles. The zero-order valence-electron chi connectivity index (χ0n) is 73.5. The highest BCUT2D eigenvalue weighted by atomic mass is 16.6. The van der Waals surface area contributed by atoms with Crippen molar-refractivity contribution < 1.29 is 90.8 Å². The first-order chi connectivity index (χ1) is 60.0. The van der Waals surface area contributed by atoms with Gasteiger partial charge in [-0.1, -0.05) is 55.4 Å². The fraction of sp³-hybridized carbons (Fsp3) is 0.511. The Labute approximate surface area is 724 Å². The Kier molecular flexibility index (Phi) is 27.1. The Morgan fingerprint density at radius 2 is 0.744 bits per heavy atom. The highest BCUT2D eigenvalue weighted by molar-refractivity contribution is 5.92. The minimum atomic E-state index is -1.06. The predicted molar refractivity (Wildman–Crippen MR) is 457 cm³/mol. The van der Waals surface area contributed by atoms with Gasteiger partial charge in [0.1, 0.15) is 96.9 Å². The van der Waals surface area contributed by atoms with Crippen molar-refractivity contribution in [2.45, 2.75) is 195 Å². The van der Waals surface area contributed by atoms with Crippen LogP contribution in [-0.2, 0) is 74.0 Å². The first kappa shape index (κ1) is 89.1. The van der Waals surface area contributed by atoms with Crippen molar-refractivity contribution in [3.05, 3.63) is 119 Å². The first-order valence-corrected chi connectivity index (χ1v) is 42.7. The van der Waals surface area contributed by atoms with Crippen LogP contribution in [0.15, 0.2) is 73.3 Å². The molecular formula is C90H114N16O19. The van der Waals surface area contributed by atoms with Crippen molar-refractivity contribution >= 4 is 48.1 Å². The maximum absolute atomic E-state index is 14.0. The van der Waals surface area contributed by atoms with Gasteiger partial charge in [0, 0.05) is 112 Å². The van der Waals surface area contributed by atoms with E-state index in [4.69, 9.17) is 67.7 Å². The molecule has 7 amide bonds. The number of aromatic nitrogens is 8. The van der Waals surface area contributed by atoms with Gasteiger partial charge in [-0.3, -0.25) is 14.4 Å². The Morgan fingerprint density at radius 1 is 0.424 bits per heavy atom. The number of H-pyrrole nitrogens is 4. The molecule has 12 heterocycles. The lowest BCUT2D eigenvalue weighted by Gasteiger charge is -2.33. The maximum atomic E-state index is 14.0. The molecule has 0 aliphatic carbocycles. The normalized spacial score (nSPS) is 20.7. The van der Waals surface area contributed by atoms with Crippen LogP contribution in [0.2, 0.25) is 0 Å². The molecule has 10 N–H and O–H groups in total. The molecule has 668 valence electrons. The van der Waals surface area contributed by atoms with Crippen LogP contribution in [0, 0.1) is 35.5 Å². The molecule has 16 rings (SSSR count). The summed E-state index contributed by atoms with van der Waals surface area (Å²) in [6, 6.07) is 12.9. The highest BCUT2D eigenvalue weighted by Gasteiger charge is 2.46. The number of aromatic amines is 4. The van der Waals surface area contributed by atoms with Crippen molar-refractivity contribution in [3.8, 4) is 90.3 Å². The van der Waals surface area contributed by atoms with Gasteiger partial charge in [-0.05, 0) is 130 Å². The number of rotatable bonds is 24. The number of likely N-dealkylation sites (tertiary alicyclic amines) is 3. The topological polar surface area (TPSA) is 434 Å². The minimum absolute atomic E-state index is 0.00116. The summed E-state index contributed by atoms with van der Waals surface area (Å²) in [5.41, 5.74) is 15.3. The van der Waals surface area contributed by atoms with Crippen molar-refractivity contribution in [2.24, 2.45) is 35.5 Å². The van der Waals surface area contributed by atoms with Gasteiger partial charge in [-0.15, -0.1) is 0 Å². The van der Waals surface area contributed by atoms with E-state index in [1.54, 1.807) is 45.4 Å². The average Bonchev–Trinajstić information content (AvgIpc) is 1.45. The Balaban J connectivity index is 0.000000182. The van der Waals surface area contributed by atoms with E-state index in [1.165, 1.54) is 28.4 Å². The van der Waals surface area contributed by atoms with Gasteiger partial charge in [-0.25, -0.2) is 43.9 Å². The van der Waals surface area contributed by atoms with Crippen molar-refractivity contribution in [1.29, 1.82) is 0 Å². The summed E-state index contributed by atoms with van der Waals surface area (Å²) in [5.74, 6) is 4.55. The molecule has 35 nitrogen and oxygen atoms in total. The van der Waals surface area contributed by atoms with Gasteiger partial charge in [0.25, 0.3) is 0 Å². The van der Waals surface area contributed by atoms with E-state index in [2.05, 4.69) is 87.7 Å². The molecule has 12 atom stereocenters. The molecule has 35 heteroatoms. The molecule has 8 aliphatic rings. The number of ether oxygens (including phenoxy) is 10. The fourth-order valence-corrected chi connectivity index (χ4v) is 18.3. The summed E-state index contributed by atoms with van der Waals surface area (Å²) in [4.78, 5) is 138. The van der Waals surface area contributed by atoms with E-state index in [1.807, 2.05) is 89.7 Å². The monoisotopic (exact) mass is 1720 g/mol. The standard InChI is InChI=1S/C45H56N8O9.C38H45N7O6.C7H13NO4/c1-22(2)38(50-44(56)59-7)42(54)52-18-25(19-58-6)11-33(52)41-47-17-31(49-41)27-13-29-21-61-34-14-26(12-28-20-62-35(15-27)37(29)36(28)34)30-16-46-40(48-30)32-10-9-24(5)53(32)43(55)39(23(3)4)51-45(57)60-8;1-19(2)34(44-38(47)49-5)37(46)45-20(3)6-7-29(45)36-41-15-28(43-36)23-10-25-18-50-30-11-22(9-24-17-51-31(12-23)33(25)32(24)30)27-14-40-35(42-27)26-8-21(13-39-26)16-48-4;1-4(2)5(6(9)10)8-7(11)12-3/h12-17,22-25,32-33,38-39H,9-11,18-21H2,1-8H3,(H,46,48)(H,47,49)(H,50,56)(H,51,57);9-12,14-15,19-21,26,29,34,39H,6-8,13,16-18H2,1-5H3,(H,40,42)(H,41,43)(H,44,47);4-5H,1-3H3,(H,8,11)(H,9,10)/t24-,25-,32-,33-,38-,39-;20-,21-,26-,29-,34-;/m00./s1. The summed E-state index contributed by atoms with van der Waals surface area (Å²) >= 11 is 0. The van der Waals surface area contributed by atoms with Crippen LogP contribution >= 0.6 is 0 Å². The number of carbonyl (C=O) groups excluding carboxylic acids is 7. The molecule has 8 aliphatic heterocycles. The van der Waals surface area contributed by atoms with Crippen LogP contribution < -0.4 is 45.5 Å². The molecule has 4 fully saturated rings. The number of benzene rings is 4. The third-order valence-corrected chi connectivity index (χ3v) is 24.8. The second kappa shape index (κ2) is 38.1. The number of amides is 7. The summed E-state index contributed by atoms with van der Waals surface area (Å²) in [6.45, 7) is 23.0. The van der Waals surface area contributed by atoms with E-state index >= 15 is 0 Å². The molecule has 0 bridgehead atoms. The number of alkyl carbamates (subject to hydrolysis) is 4. The number of imidazole rings is 4. The number of hydrogen-bond donors (Lipinski definition) is 10. The smallest absolute Gasteiger partial charge is 0.407 e. The van der Waals surface area contributed by atoms with E-state index in [9.17, 15) is 38.4 Å². The van der Waals surface area contributed by atoms with Gasteiger partial charge in [0.05, 0.1) is 113 Å². The van der Waals surface area contributed by atoms with E-state index in [-0.39, 0.29) is 83.6 Å². The number of carboxylic acids is 1. The Bertz CT molecular complexity index is 5220. The number of nitrogens with one attached hydrogen (secondary N) is 9. The Hall–Kier alpha value is -12.2. The molecule has 8 aromatic rings. The fourth-order valence-electron chi connectivity index (χ4n) is 18.3. The van der Waals surface area contributed by atoms with Crippen LogP contribution in [0.4, 0.5) is 19.2 Å². The predicted octanol–water partition coefficient (Wildman–Crippen LogP) is 12.4. The van der Waals surface area contributed by atoms with Crippen LogP contribution in [0.3, 0.4) is 0 Å².